The fraction of sp³-hybridized carbons (Fsp3) is 0.591. The minimum atomic E-state index is -0.00326. The first-order chi connectivity index (χ1) is 13.3. The van der Waals surface area contributed by atoms with Gasteiger partial charge in [0, 0.05) is 13.1 Å². The summed E-state index contributed by atoms with van der Waals surface area (Å²) in [5.41, 5.74) is 9.49. The number of hydrogen-bond donors (Lipinski definition) is 1. The number of likely N-dealkylation sites (tertiary alicyclic amines) is 1. The highest BCUT2D eigenvalue weighted by Crippen LogP contribution is 2.25. The molecular weight excluding hydrogens is 386 g/mol. The van der Waals surface area contributed by atoms with Gasteiger partial charge in [-0.05, 0) is 54.8 Å². The van der Waals surface area contributed by atoms with Gasteiger partial charge in [0.15, 0.2) is 5.69 Å². The van der Waals surface area contributed by atoms with E-state index in [1.54, 1.807) is 0 Å². The number of rotatable bonds is 5. The van der Waals surface area contributed by atoms with Gasteiger partial charge in [0.2, 0.25) is 0 Å². The van der Waals surface area contributed by atoms with Gasteiger partial charge in [-0.15, -0.1) is 17.5 Å². The van der Waals surface area contributed by atoms with Crippen molar-refractivity contribution in [2.75, 3.05) is 19.6 Å². The summed E-state index contributed by atoms with van der Waals surface area (Å²) in [6, 6.07) is 8.39. The molecule has 0 aliphatic carbocycles. The van der Waals surface area contributed by atoms with Crippen LogP contribution in [0.15, 0.2) is 24.3 Å². The predicted octanol–water partition coefficient (Wildman–Crippen LogP) is 3.75. The molecule has 0 spiro atoms. The van der Waals surface area contributed by atoms with Crippen molar-refractivity contribution in [2.24, 2.45) is 11.7 Å². The summed E-state index contributed by atoms with van der Waals surface area (Å²) in [7, 11) is 0. The molecule has 1 aliphatic heterocycles. The van der Waals surface area contributed by atoms with E-state index in [1.165, 1.54) is 5.56 Å². The first kappa shape index (κ1) is 23.4. The van der Waals surface area contributed by atoms with Crippen LogP contribution < -0.4 is 5.73 Å². The SMILES string of the molecule is CCCc1c(C(=O)N2CCC(CN)CC2)nnn1-c1ccc(C(C)(C)C)cc1.Cl. The fourth-order valence-corrected chi connectivity index (χ4v) is 3.76. The van der Waals surface area contributed by atoms with Gasteiger partial charge >= 0.3 is 0 Å². The monoisotopic (exact) mass is 419 g/mol. The van der Waals surface area contributed by atoms with Crippen molar-refractivity contribution in [2.45, 2.75) is 58.8 Å². The Hall–Kier alpha value is -1.92. The maximum Gasteiger partial charge on any atom is 0.276 e. The van der Waals surface area contributed by atoms with Crippen LogP contribution in [-0.4, -0.2) is 45.4 Å². The Bertz CT molecular complexity index is 802. The molecule has 6 nitrogen and oxygen atoms in total. The van der Waals surface area contributed by atoms with Crippen molar-refractivity contribution in [1.29, 1.82) is 0 Å². The normalized spacial score (nSPS) is 15.3. The van der Waals surface area contributed by atoms with E-state index in [4.69, 9.17) is 5.73 Å². The quantitative estimate of drug-likeness (QED) is 0.800. The molecule has 1 aromatic carbocycles. The van der Waals surface area contributed by atoms with Crippen LogP contribution in [0.5, 0.6) is 0 Å². The van der Waals surface area contributed by atoms with E-state index < -0.39 is 0 Å². The van der Waals surface area contributed by atoms with Crippen LogP contribution in [0.3, 0.4) is 0 Å². The van der Waals surface area contributed by atoms with E-state index in [1.807, 2.05) is 9.58 Å². The zero-order valence-electron chi connectivity index (χ0n) is 18.0. The molecule has 2 N–H and O–H groups in total. The fourth-order valence-electron chi connectivity index (χ4n) is 3.76. The Morgan fingerprint density at radius 2 is 1.79 bits per heavy atom. The average molecular weight is 420 g/mol. The molecule has 2 aromatic rings. The van der Waals surface area contributed by atoms with Gasteiger partial charge in [-0.2, -0.15) is 0 Å². The van der Waals surface area contributed by atoms with E-state index in [0.29, 0.717) is 18.2 Å². The third kappa shape index (κ3) is 5.17. The van der Waals surface area contributed by atoms with Gasteiger partial charge < -0.3 is 10.6 Å². The topological polar surface area (TPSA) is 77.0 Å². The summed E-state index contributed by atoms with van der Waals surface area (Å²) in [6.07, 6.45) is 3.64. The van der Waals surface area contributed by atoms with E-state index in [0.717, 1.165) is 50.2 Å². The average Bonchev–Trinajstić information content (AvgIpc) is 3.11. The zero-order valence-corrected chi connectivity index (χ0v) is 18.8. The zero-order chi connectivity index (χ0) is 20.3. The van der Waals surface area contributed by atoms with Crippen LogP contribution in [-0.2, 0) is 11.8 Å². The number of nitrogens with two attached hydrogens (primary N) is 1. The molecule has 0 bridgehead atoms. The Balaban J connectivity index is 0.00000300. The number of carbonyl (C=O) groups excluding carboxylic acids is 1. The van der Waals surface area contributed by atoms with Gasteiger partial charge in [0.1, 0.15) is 0 Å². The molecule has 2 heterocycles. The van der Waals surface area contributed by atoms with Gasteiger partial charge in [0.05, 0.1) is 11.4 Å². The molecule has 29 heavy (non-hydrogen) atoms. The van der Waals surface area contributed by atoms with Crippen molar-refractivity contribution in [1.82, 2.24) is 19.9 Å². The van der Waals surface area contributed by atoms with E-state index in [9.17, 15) is 4.79 Å². The van der Waals surface area contributed by atoms with Crippen molar-refractivity contribution < 1.29 is 4.79 Å². The predicted molar refractivity (Wildman–Crippen MR) is 119 cm³/mol. The number of aromatic nitrogens is 3. The lowest BCUT2D eigenvalue weighted by Gasteiger charge is -2.31. The smallest absolute Gasteiger partial charge is 0.276 e. The lowest BCUT2D eigenvalue weighted by atomic mass is 9.87. The molecule has 3 rings (SSSR count). The van der Waals surface area contributed by atoms with Crippen molar-refractivity contribution in [3.8, 4) is 5.69 Å². The number of amides is 1. The van der Waals surface area contributed by atoms with Crippen molar-refractivity contribution >= 4 is 18.3 Å². The first-order valence-electron chi connectivity index (χ1n) is 10.4. The second-order valence-corrected chi connectivity index (χ2v) is 8.81. The van der Waals surface area contributed by atoms with Crippen LogP contribution in [0.2, 0.25) is 0 Å². The standard InChI is InChI=1S/C22H33N5O.ClH/c1-5-6-19-20(21(28)26-13-11-16(15-23)12-14-26)24-25-27(19)18-9-7-17(8-10-18)22(2,3)4;/h7-10,16H,5-6,11-15,23H2,1-4H3;1H. The number of nitrogens with zero attached hydrogens (tertiary/aromatic N) is 4. The highest BCUT2D eigenvalue weighted by Gasteiger charge is 2.28. The Labute approximate surface area is 180 Å². The Morgan fingerprint density at radius 1 is 1.17 bits per heavy atom. The molecule has 160 valence electrons. The maximum absolute atomic E-state index is 13.1. The van der Waals surface area contributed by atoms with Crippen LogP contribution in [0.25, 0.3) is 5.69 Å². The van der Waals surface area contributed by atoms with E-state index in [-0.39, 0.29) is 23.7 Å². The molecule has 1 aromatic heterocycles. The number of benzene rings is 1. The van der Waals surface area contributed by atoms with Gasteiger partial charge in [-0.3, -0.25) is 4.79 Å². The molecule has 1 amide bonds. The minimum Gasteiger partial charge on any atom is -0.337 e. The molecule has 1 saturated heterocycles. The third-order valence-corrected chi connectivity index (χ3v) is 5.67. The summed E-state index contributed by atoms with van der Waals surface area (Å²) in [4.78, 5) is 15.0. The second kappa shape index (κ2) is 9.72. The summed E-state index contributed by atoms with van der Waals surface area (Å²) >= 11 is 0. The number of carbonyl (C=O) groups is 1. The Kier molecular flexibility index (Phi) is 7.83. The van der Waals surface area contributed by atoms with Crippen molar-refractivity contribution in [3.63, 3.8) is 0 Å². The molecule has 0 atom stereocenters. The summed E-state index contributed by atoms with van der Waals surface area (Å²) in [6.45, 7) is 10.9. The highest BCUT2D eigenvalue weighted by molar-refractivity contribution is 5.93. The first-order valence-corrected chi connectivity index (χ1v) is 10.4. The summed E-state index contributed by atoms with van der Waals surface area (Å²) in [5.74, 6) is 0.521. The Morgan fingerprint density at radius 3 is 2.31 bits per heavy atom. The lowest BCUT2D eigenvalue weighted by molar-refractivity contribution is 0.0686. The second-order valence-electron chi connectivity index (χ2n) is 8.81. The molecule has 7 heteroatoms. The van der Waals surface area contributed by atoms with Crippen LogP contribution in [0.1, 0.15) is 68.7 Å². The minimum absolute atomic E-state index is 0. The summed E-state index contributed by atoms with van der Waals surface area (Å²) in [5, 5.41) is 8.64. The van der Waals surface area contributed by atoms with Gasteiger partial charge in [-0.25, -0.2) is 4.68 Å². The number of piperidine rings is 1. The van der Waals surface area contributed by atoms with E-state index in [2.05, 4.69) is 62.3 Å². The molecule has 0 saturated carbocycles. The number of hydrogen-bond acceptors (Lipinski definition) is 4. The van der Waals surface area contributed by atoms with E-state index >= 15 is 0 Å². The summed E-state index contributed by atoms with van der Waals surface area (Å²) < 4.78 is 1.83. The molecule has 0 unspecified atom stereocenters. The molecule has 0 radical (unpaired) electrons. The van der Waals surface area contributed by atoms with Crippen molar-refractivity contribution in [3.05, 3.63) is 41.2 Å². The highest BCUT2D eigenvalue weighted by atomic mass is 35.5. The molecular formula is C22H34ClN5O. The molecule has 1 fully saturated rings. The molecule has 1 aliphatic rings. The van der Waals surface area contributed by atoms with Crippen LogP contribution in [0.4, 0.5) is 0 Å². The van der Waals surface area contributed by atoms with Gasteiger partial charge in [-0.1, -0.05) is 51.5 Å². The van der Waals surface area contributed by atoms with Crippen LogP contribution >= 0.6 is 12.4 Å². The number of halogens is 1. The third-order valence-electron chi connectivity index (χ3n) is 5.67. The lowest BCUT2D eigenvalue weighted by Crippen LogP contribution is -2.40. The van der Waals surface area contributed by atoms with Crippen LogP contribution in [0, 0.1) is 5.92 Å². The maximum atomic E-state index is 13.1. The largest absolute Gasteiger partial charge is 0.337 e. The van der Waals surface area contributed by atoms with Gasteiger partial charge in [0.25, 0.3) is 5.91 Å².